The Kier molecular flexibility index (Phi) is 6.26. The van der Waals surface area contributed by atoms with Gasteiger partial charge in [0.15, 0.2) is 0 Å². The number of ether oxygens (including phenoxy) is 3. The first-order chi connectivity index (χ1) is 13.9. The van der Waals surface area contributed by atoms with E-state index in [9.17, 15) is 9.59 Å². The molecule has 0 spiro atoms. The molecular weight excluding hydrogens is 372 g/mol. The number of amides is 2. The molecule has 2 N–H and O–H groups in total. The summed E-state index contributed by atoms with van der Waals surface area (Å²) in [6.07, 6.45) is 0.488. The fourth-order valence-corrected chi connectivity index (χ4v) is 3.06. The highest BCUT2D eigenvalue weighted by Crippen LogP contribution is 2.41. The van der Waals surface area contributed by atoms with E-state index in [1.807, 2.05) is 32.0 Å². The lowest BCUT2D eigenvalue weighted by atomic mass is 10.2. The van der Waals surface area contributed by atoms with Crippen LogP contribution in [0.15, 0.2) is 42.5 Å². The summed E-state index contributed by atoms with van der Waals surface area (Å²) in [5, 5.41) is 5.71. The first-order valence-electron chi connectivity index (χ1n) is 9.52. The van der Waals surface area contributed by atoms with Crippen LogP contribution >= 0.6 is 0 Å². The highest BCUT2D eigenvalue weighted by Gasteiger charge is 2.48. The number of hydrogen-bond donors (Lipinski definition) is 2. The van der Waals surface area contributed by atoms with Gasteiger partial charge in [-0.3, -0.25) is 9.59 Å². The molecule has 29 heavy (non-hydrogen) atoms. The highest BCUT2D eigenvalue weighted by molar-refractivity contribution is 6.04. The molecule has 2 aromatic carbocycles. The summed E-state index contributed by atoms with van der Waals surface area (Å²) in [7, 11) is 3.08. The van der Waals surface area contributed by atoms with Crippen molar-refractivity contribution in [2.24, 2.45) is 11.8 Å². The second kappa shape index (κ2) is 8.86. The Morgan fingerprint density at radius 1 is 0.897 bits per heavy atom. The molecule has 0 saturated heterocycles. The molecule has 1 aliphatic carbocycles. The molecule has 0 bridgehead atoms. The van der Waals surface area contributed by atoms with Crippen molar-refractivity contribution in [1.29, 1.82) is 0 Å². The lowest BCUT2D eigenvalue weighted by Crippen LogP contribution is -2.21. The second-order valence-electron chi connectivity index (χ2n) is 7.16. The Morgan fingerprint density at radius 3 is 2.17 bits per heavy atom. The van der Waals surface area contributed by atoms with E-state index in [0.717, 1.165) is 0 Å². The van der Waals surface area contributed by atoms with Gasteiger partial charge in [-0.1, -0.05) is 12.1 Å². The molecule has 0 heterocycles. The van der Waals surface area contributed by atoms with E-state index in [2.05, 4.69) is 10.6 Å². The third kappa shape index (κ3) is 4.99. The fourth-order valence-electron chi connectivity index (χ4n) is 3.06. The lowest BCUT2D eigenvalue weighted by Gasteiger charge is -2.15. The van der Waals surface area contributed by atoms with Crippen molar-refractivity contribution < 1.29 is 23.8 Å². The Morgan fingerprint density at radius 2 is 1.55 bits per heavy atom. The number of rotatable bonds is 8. The Bertz CT molecular complexity index is 897. The molecule has 7 heteroatoms. The molecule has 3 rings (SSSR count). The van der Waals surface area contributed by atoms with Crippen molar-refractivity contribution in [1.82, 2.24) is 0 Å². The van der Waals surface area contributed by atoms with E-state index in [-0.39, 0.29) is 29.8 Å². The predicted octanol–water partition coefficient (Wildman–Crippen LogP) is 3.70. The molecule has 2 unspecified atom stereocenters. The summed E-state index contributed by atoms with van der Waals surface area (Å²) in [5.41, 5.74) is 1.12. The van der Waals surface area contributed by atoms with Crippen LogP contribution in [0, 0.1) is 11.8 Å². The summed E-state index contributed by atoms with van der Waals surface area (Å²) in [6.45, 7) is 3.85. The number of hydrogen-bond acceptors (Lipinski definition) is 5. The largest absolute Gasteiger partial charge is 0.497 e. The average molecular weight is 398 g/mol. The number of para-hydroxylation sites is 2. The maximum atomic E-state index is 12.6. The normalized spacial score (nSPS) is 17.4. The van der Waals surface area contributed by atoms with Crippen molar-refractivity contribution >= 4 is 23.2 Å². The molecule has 1 fully saturated rings. The van der Waals surface area contributed by atoms with Gasteiger partial charge >= 0.3 is 0 Å². The van der Waals surface area contributed by atoms with Gasteiger partial charge in [-0.15, -0.1) is 0 Å². The number of methoxy groups -OCH3 is 2. The maximum absolute atomic E-state index is 12.6. The molecule has 0 radical (unpaired) electrons. The second-order valence-corrected chi connectivity index (χ2v) is 7.16. The zero-order chi connectivity index (χ0) is 21.0. The molecule has 1 saturated carbocycles. The van der Waals surface area contributed by atoms with Crippen LogP contribution in [0.5, 0.6) is 17.2 Å². The van der Waals surface area contributed by atoms with Crippen LogP contribution in [0.1, 0.15) is 20.3 Å². The van der Waals surface area contributed by atoms with Crippen molar-refractivity contribution in [3.8, 4) is 17.2 Å². The first-order valence-corrected chi connectivity index (χ1v) is 9.52. The molecule has 2 amide bonds. The minimum atomic E-state index is -0.385. The number of carbonyl (C=O) groups is 2. The van der Waals surface area contributed by atoms with E-state index in [1.165, 1.54) is 7.11 Å². The SMILES string of the molecule is COc1ccc(OC)c(NC(=O)C2CC2C(=O)Nc2ccccc2OC(C)C)c1. The molecule has 2 atom stereocenters. The van der Waals surface area contributed by atoms with Gasteiger partial charge in [0.05, 0.1) is 43.5 Å². The maximum Gasteiger partial charge on any atom is 0.228 e. The van der Waals surface area contributed by atoms with Gasteiger partial charge in [-0.25, -0.2) is 0 Å². The minimum Gasteiger partial charge on any atom is -0.497 e. The molecule has 0 aromatic heterocycles. The predicted molar refractivity (Wildman–Crippen MR) is 111 cm³/mol. The summed E-state index contributed by atoms with van der Waals surface area (Å²) in [4.78, 5) is 25.2. The van der Waals surface area contributed by atoms with Crippen molar-refractivity contribution in [3.63, 3.8) is 0 Å². The molecule has 2 aromatic rings. The van der Waals surface area contributed by atoms with Crippen LogP contribution in [0.4, 0.5) is 11.4 Å². The van der Waals surface area contributed by atoms with Crippen molar-refractivity contribution in [2.75, 3.05) is 24.9 Å². The van der Waals surface area contributed by atoms with E-state index in [1.54, 1.807) is 31.4 Å². The van der Waals surface area contributed by atoms with Gasteiger partial charge in [-0.05, 0) is 44.5 Å². The van der Waals surface area contributed by atoms with E-state index >= 15 is 0 Å². The van der Waals surface area contributed by atoms with Gasteiger partial charge in [0.25, 0.3) is 0 Å². The van der Waals surface area contributed by atoms with Gasteiger partial charge < -0.3 is 24.8 Å². The van der Waals surface area contributed by atoms with E-state index < -0.39 is 0 Å². The van der Waals surface area contributed by atoms with E-state index in [4.69, 9.17) is 14.2 Å². The third-order valence-corrected chi connectivity index (χ3v) is 4.64. The quantitative estimate of drug-likeness (QED) is 0.708. The van der Waals surface area contributed by atoms with Crippen LogP contribution < -0.4 is 24.8 Å². The van der Waals surface area contributed by atoms with Gasteiger partial charge in [0.2, 0.25) is 11.8 Å². The van der Waals surface area contributed by atoms with E-state index in [0.29, 0.717) is 35.0 Å². The molecular formula is C22H26N2O5. The first kappa shape index (κ1) is 20.5. The van der Waals surface area contributed by atoms with Crippen molar-refractivity contribution in [3.05, 3.63) is 42.5 Å². The number of anilines is 2. The average Bonchev–Trinajstić information content (AvgIpc) is 3.50. The molecule has 0 aliphatic heterocycles. The van der Waals surface area contributed by atoms with Crippen LogP contribution in [-0.2, 0) is 9.59 Å². The third-order valence-electron chi connectivity index (χ3n) is 4.64. The molecule has 1 aliphatic rings. The van der Waals surface area contributed by atoms with Crippen LogP contribution in [0.3, 0.4) is 0 Å². The summed E-state index contributed by atoms with van der Waals surface area (Å²) in [5.74, 6) is 0.570. The van der Waals surface area contributed by atoms with Crippen LogP contribution in [0.25, 0.3) is 0 Å². The van der Waals surface area contributed by atoms with Crippen LogP contribution in [0.2, 0.25) is 0 Å². The number of carbonyl (C=O) groups excluding carboxylic acids is 2. The van der Waals surface area contributed by atoms with Gasteiger partial charge in [0, 0.05) is 6.07 Å². The smallest absolute Gasteiger partial charge is 0.228 e. The standard InChI is InChI=1S/C22H26N2O5/c1-13(2)29-20-8-6-5-7-17(20)23-21(25)15-12-16(15)22(26)24-18-11-14(27-3)9-10-19(18)28-4/h5-11,13,15-16H,12H2,1-4H3,(H,23,25)(H,24,26). The summed E-state index contributed by atoms with van der Waals surface area (Å²) in [6, 6.07) is 12.4. The fraction of sp³-hybridized carbons (Fsp3) is 0.364. The monoisotopic (exact) mass is 398 g/mol. The minimum absolute atomic E-state index is 0.00894. The van der Waals surface area contributed by atoms with Gasteiger partial charge in [-0.2, -0.15) is 0 Å². The number of benzene rings is 2. The zero-order valence-electron chi connectivity index (χ0n) is 17.0. The Labute approximate surface area is 170 Å². The number of nitrogens with one attached hydrogen (secondary N) is 2. The lowest BCUT2D eigenvalue weighted by molar-refractivity contribution is -0.122. The van der Waals surface area contributed by atoms with Gasteiger partial charge in [0.1, 0.15) is 17.2 Å². The van der Waals surface area contributed by atoms with Crippen LogP contribution in [-0.4, -0.2) is 32.1 Å². The summed E-state index contributed by atoms with van der Waals surface area (Å²) < 4.78 is 16.2. The van der Waals surface area contributed by atoms with Crippen molar-refractivity contribution in [2.45, 2.75) is 26.4 Å². The zero-order valence-corrected chi connectivity index (χ0v) is 17.0. The molecule has 154 valence electrons. The Balaban J connectivity index is 1.62. The summed E-state index contributed by atoms with van der Waals surface area (Å²) >= 11 is 0. The Hall–Kier alpha value is -3.22. The topological polar surface area (TPSA) is 85.9 Å². The highest BCUT2D eigenvalue weighted by atomic mass is 16.5. The molecule has 7 nitrogen and oxygen atoms in total.